The quantitative estimate of drug-likeness (QED) is 0.526. The minimum Gasteiger partial charge on any atom is -0.387 e. The van der Waals surface area contributed by atoms with E-state index < -0.39 is 4.92 Å². The Labute approximate surface area is 150 Å². The Kier molecular flexibility index (Phi) is 5.07. The van der Waals surface area contributed by atoms with Gasteiger partial charge in [0.1, 0.15) is 0 Å². The van der Waals surface area contributed by atoms with Gasteiger partial charge >= 0.3 is 0 Å². The van der Waals surface area contributed by atoms with Crippen LogP contribution in [0.3, 0.4) is 0 Å². The van der Waals surface area contributed by atoms with Crippen LogP contribution >= 0.6 is 0 Å². The Bertz CT molecular complexity index is 967. The summed E-state index contributed by atoms with van der Waals surface area (Å²) in [4.78, 5) is 27.3. The van der Waals surface area contributed by atoms with Crippen LogP contribution in [0.5, 0.6) is 0 Å². The minimum atomic E-state index is -0.516. The number of anilines is 1. The first-order valence-electron chi connectivity index (χ1n) is 8.17. The second-order valence-corrected chi connectivity index (χ2v) is 5.74. The lowest BCUT2D eigenvalue weighted by Gasteiger charge is -2.10. The zero-order valence-corrected chi connectivity index (χ0v) is 14.2. The number of pyridine rings is 1. The molecule has 1 heterocycles. The molecule has 0 saturated heterocycles. The highest BCUT2D eigenvalue weighted by molar-refractivity contribution is 6.00. The summed E-state index contributed by atoms with van der Waals surface area (Å²) in [5.74, 6) is -0.355. The molecule has 0 aliphatic heterocycles. The smallest absolute Gasteiger partial charge is 0.270 e. The van der Waals surface area contributed by atoms with Gasteiger partial charge in [0, 0.05) is 43.0 Å². The summed E-state index contributed by atoms with van der Waals surface area (Å²) >= 11 is 0. The topological polar surface area (TPSA) is 97.2 Å². The van der Waals surface area contributed by atoms with E-state index in [1.165, 1.54) is 18.2 Å². The number of nitrogens with zero attached hydrogens (tertiary/aromatic N) is 2. The number of nitro benzene ring substituents is 1. The summed E-state index contributed by atoms with van der Waals surface area (Å²) in [6.45, 7) is 0.403. The summed E-state index contributed by atoms with van der Waals surface area (Å²) in [6, 6.07) is 14.0. The lowest BCUT2D eigenvalue weighted by atomic mass is 10.1. The van der Waals surface area contributed by atoms with Crippen molar-refractivity contribution in [3.8, 4) is 0 Å². The van der Waals surface area contributed by atoms with E-state index in [1.54, 1.807) is 13.2 Å². The number of non-ortho nitro benzene ring substituents is 1. The predicted molar refractivity (Wildman–Crippen MR) is 100 cm³/mol. The van der Waals surface area contributed by atoms with Crippen molar-refractivity contribution in [2.45, 2.75) is 6.42 Å². The molecule has 0 spiro atoms. The first kappa shape index (κ1) is 17.3. The SMILES string of the molecule is CNc1ccc([N+](=O)[O-])cc1C(=O)NCCc1cccc2cccnc12. The van der Waals surface area contributed by atoms with Crippen LogP contribution < -0.4 is 10.6 Å². The number of fused-ring (bicyclic) bond motifs is 1. The van der Waals surface area contributed by atoms with Crippen molar-refractivity contribution in [1.29, 1.82) is 0 Å². The fraction of sp³-hybridized carbons (Fsp3) is 0.158. The Morgan fingerprint density at radius 3 is 2.77 bits per heavy atom. The van der Waals surface area contributed by atoms with Crippen LogP contribution in [0, 0.1) is 10.1 Å². The number of carbonyl (C=O) groups excluding carboxylic acids is 1. The largest absolute Gasteiger partial charge is 0.387 e. The molecule has 1 aromatic heterocycles. The van der Waals surface area contributed by atoms with Crippen LogP contribution in [-0.2, 0) is 6.42 Å². The van der Waals surface area contributed by atoms with Gasteiger partial charge in [-0.05, 0) is 24.1 Å². The number of amides is 1. The van der Waals surface area contributed by atoms with E-state index in [-0.39, 0.29) is 17.2 Å². The third-order valence-corrected chi connectivity index (χ3v) is 4.12. The normalized spacial score (nSPS) is 10.5. The van der Waals surface area contributed by atoms with Crippen LogP contribution in [0.25, 0.3) is 10.9 Å². The van der Waals surface area contributed by atoms with E-state index in [9.17, 15) is 14.9 Å². The Hall–Kier alpha value is -3.48. The van der Waals surface area contributed by atoms with Gasteiger partial charge in [0.2, 0.25) is 0 Å². The molecular weight excluding hydrogens is 332 g/mol. The Morgan fingerprint density at radius 2 is 2.00 bits per heavy atom. The van der Waals surface area contributed by atoms with Gasteiger partial charge in [-0.15, -0.1) is 0 Å². The number of carbonyl (C=O) groups is 1. The number of rotatable bonds is 6. The highest BCUT2D eigenvalue weighted by Gasteiger charge is 2.16. The summed E-state index contributed by atoms with van der Waals surface area (Å²) in [6.07, 6.45) is 2.36. The second-order valence-electron chi connectivity index (χ2n) is 5.74. The lowest BCUT2D eigenvalue weighted by molar-refractivity contribution is -0.384. The van der Waals surface area contributed by atoms with Crippen molar-refractivity contribution < 1.29 is 9.72 Å². The van der Waals surface area contributed by atoms with E-state index in [0.29, 0.717) is 18.7 Å². The number of benzene rings is 2. The van der Waals surface area contributed by atoms with Crippen molar-refractivity contribution in [2.24, 2.45) is 0 Å². The van der Waals surface area contributed by atoms with Gasteiger partial charge in [-0.25, -0.2) is 0 Å². The van der Waals surface area contributed by atoms with Gasteiger partial charge in [0.05, 0.1) is 16.0 Å². The van der Waals surface area contributed by atoms with Gasteiger partial charge in [-0.2, -0.15) is 0 Å². The van der Waals surface area contributed by atoms with Crippen LogP contribution in [-0.4, -0.2) is 29.4 Å². The molecule has 0 aliphatic rings. The first-order valence-corrected chi connectivity index (χ1v) is 8.17. The van der Waals surface area contributed by atoms with Gasteiger partial charge in [-0.1, -0.05) is 24.3 Å². The fourth-order valence-electron chi connectivity index (χ4n) is 2.83. The highest BCUT2D eigenvalue weighted by Crippen LogP contribution is 2.22. The number of para-hydroxylation sites is 1. The summed E-state index contributed by atoms with van der Waals surface area (Å²) in [5.41, 5.74) is 2.62. The number of hydrogen-bond donors (Lipinski definition) is 2. The third kappa shape index (κ3) is 3.61. The number of nitrogens with one attached hydrogen (secondary N) is 2. The van der Waals surface area contributed by atoms with Gasteiger partial charge in [-0.3, -0.25) is 19.9 Å². The molecule has 2 aromatic carbocycles. The fourth-order valence-corrected chi connectivity index (χ4v) is 2.83. The zero-order chi connectivity index (χ0) is 18.5. The van der Waals surface area contributed by atoms with Gasteiger partial charge < -0.3 is 10.6 Å². The van der Waals surface area contributed by atoms with Crippen molar-refractivity contribution in [3.63, 3.8) is 0 Å². The van der Waals surface area contributed by atoms with E-state index in [0.717, 1.165) is 16.5 Å². The second kappa shape index (κ2) is 7.60. The Balaban J connectivity index is 1.73. The van der Waals surface area contributed by atoms with Crippen LogP contribution in [0.4, 0.5) is 11.4 Å². The average Bonchev–Trinajstić information content (AvgIpc) is 2.67. The third-order valence-electron chi connectivity index (χ3n) is 4.12. The molecule has 0 aliphatic carbocycles. The van der Waals surface area contributed by atoms with Crippen molar-refractivity contribution in [2.75, 3.05) is 18.9 Å². The molecule has 0 bridgehead atoms. The van der Waals surface area contributed by atoms with Gasteiger partial charge in [0.25, 0.3) is 11.6 Å². The van der Waals surface area contributed by atoms with E-state index in [2.05, 4.69) is 15.6 Å². The molecule has 7 heteroatoms. The van der Waals surface area contributed by atoms with Crippen molar-refractivity contribution >= 4 is 28.2 Å². The summed E-state index contributed by atoms with van der Waals surface area (Å²) < 4.78 is 0. The van der Waals surface area contributed by atoms with Crippen molar-refractivity contribution in [1.82, 2.24) is 10.3 Å². The molecule has 0 unspecified atom stereocenters. The standard InChI is InChI=1S/C19H18N4O3/c1-20-17-8-7-15(23(25)26)12-16(17)19(24)22-11-9-14-5-2-4-13-6-3-10-21-18(13)14/h2-8,10,12,20H,9,11H2,1H3,(H,22,24). The molecule has 7 nitrogen and oxygen atoms in total. The molecule has 1 amide bonds. The number of nitro groups is 1. The van der Waals surface area contributed by atoms with E-state index in [4.69, 9.17) is 0 Å². The maximum atomic E-state index is 12.5. The maximum Gasteiger partial charge on any atom is 0.270 e. The van der Waals surface area contributed by atoms with E-state index in [1.807, 2.05) is 30.3 Å². The number of hydrogen-bond acceptors (Lipinski definition) is 5. The average molecular weight is 350 g/mol. The molecular formula is C19H18N4O3. The zero-order valence-electron chi connectivity index (χ0n) is 14.2. The molecule has 3 aromatic rings. The van der Waals surface area contributed by atoms with Crippen LogP contribution in [0.2, 0.25) is 0 Å². The Morgan fingerprint density at radius 1 is 1.19 bits per heavy atom. The summed E-state index contributed by atoms with van der Waals surface area (Å²) in [7, 11) is 1.67. The molecule has 132 valence electrons. The van der Waals surface area contributed by atoms with Crippen LogP contribution in [0.15, 0.2) is 54.7 Å². The molecule has 26 heavy (non-hydrogen) atoms. The predicted octanol–water partition coefficient (Wildman–Crippen LogP) is 3.16. The monoisotopic (exact) mass is 350 g/mol. The molecule has 0 atom stereocenters. The highest BCUT2D eigenvalue weighted by atomic mass is 16.6. The molecule has 0 fully saturated rings. The molecule has 2 N–H and O–H groups in total. The number of aromatic nitrogens is 1. The maximum absolute atomic E-state index is 12.5. The molecule has 3 rings (SSSR count). The van der Waals surface area contributed by atoms with E-state index >= 15 is 0 Å². The van der Waals surface area contributed by atoms with Gasteiger partial charge in [0.15, 0.2) is 0 Å². The van der Waals surface area contributed by atoms with Crippen LogP contribution in [0.1, 0.15) is 15.9 Å². The van der Waals surface area contributed by atoms with Crippen molar-refractivity contribution in [3.05, 3.63) is 76.0 Å². The minimum absolute atomic E-state index is 0.118. The molecule has 0 saturated carbocycles. The first-order chi connectivity index (χ1) is 12.6. The molecule has 0 radical (unpaired) electrons. The summed E-state index contributed by atoms with van der Waals surface area (Å²) in [5, 5.41) is 17.7. The lowest BCUT2D eigenvalue weighted by Crippen LogP contribution is -2.26.